The van der Waals surface area contributed by atoms with Crippen molar-refractivity contribution in [2.45, 2.75) is 31.1 Å². The molecule has 14 heavy (non-hydrogen) atoms. The van der Waals surface area contributed by atoms with Crippen LogP contribution in [0, 0.1) is 0 Å². The topological polar surface area (TPSA) is 49.3 Å². The summed E-state index contributed by atoms with van der Waals surface area (Å²) >= 11 is 4.22. The molecular formula is C10H13NO2S. The smallest absolute Gasteiger partial charge is 0.334 e. The van der Waals surface area contributed by atoms with Crippen LogP contribution in [-0.2, 0) is 4.79 Å². The zero-order valence-corrected chi connectivity index (χ0v) is 8.68. The first-order valence-corrected chi connectivity index (χ1v) is 5.31. The minimum Gasteiger partial charge on any atom is -0.478 e. The minimum absolute atomic E-state index is 0.356. The number of carbonyl (C=O) groups is 1. The van der Waals surface area contributed by atoms with Gasteiger partial charge in [-0.3, -0.25) is 0 Å². The highest BCUT2D eigenvalue weighted by atomic mass is 32.1. The maximum absolute atomic E-state index is 10.9. The normalized spacial score (nSPS) is 26.4. The van der Waals surface area contributed by atoms with E-state index in [-0.39, 0.29) is 5.37 Å². The third-order valence-electron chi connectivity index (χ3n) is 2.69. The fraction of sp³-hybridized carbons (Fsp3) is 0.500. The van der Waals surface area contributed by atoms with Crippen molar-refractivity contribution in [1.29, 1.82) is 0 Å². The second-order valence-corrected chi connectivity index (χ2v) is 4.18. The van der Waals surface area contributed by atoms with Crippen molar-refractivity contribution in [3.05, 3.63) is 22.9 Å². The summed E-state index contributed by atoms with van der Waals surface area (Å²) in [7, 11) is 0. The van der Waals surface area contributed by atoms with E-state index in [4.69, 9.17) is 5.11 Å². The zero-order valence-electron chi connectivity index (χ0n) is 7.79. The van der Waals surface area contributed by atoms with Crippen LogP contribution in [0.1, 0.15) is 25.7 Å². The molecule has 2 rings (SSSR count). The monoisotopic (exact) mass is 211 g/mol. The number of thiol groups is 1. The molecule has 1 unspecified atom stereocenters. The second-order valence-electron chi connectivity index (χ2n) is 3.66. The number of carboxylic acids is 1. The van der Waals surface area contributed by atoms with Gasteiger partial charge in [-0.25, -0.2) is 4.79 Å². The van der Waals surface area contributed by atoms with Crippen LogP contribution < -0.4 is 5.32 Å². The molecule has 2 aliphatic rings. The first-order chi connectivity index (χ1) is 6.68. The molecular weight excluding hydrogens is 198 g/mol. The molecule has 76 valence electrons. The van der Waals surface area contributed by atoms with Gasteiger partial charge in [0.2, 0.25) is 0 Å². The Morgan fingerprint density at radius 1 is 1.50 bits per heavy atom. The molecule has 0 radical (unpaired) electrons. The average molecular weight is 211 g/mol. The minimum atomic E-state index is -0.880. The van der Waals surface area contributed by atoms with Gasteiger partial charge in [0.05, 0.1) is 5.57 Å². The van der Waals surface area contributed by atoms with E-state index in [1.807, 2.05) is 0 Å². The maximum Gasteiger partial charge on any atom is 0.334 e. The molecule has 0 aromatic rings. The predicted molar refractivity (Wildman–Crippen MR) is 57.1 cm³/mol. The second kappa shape index (κ2) is 3.69. The number of carboxylic acid groups (broad SMARTS) is 1. The Balaban J connectivity index is 2.31. The third kappa shape index (κ3) is 1.66. The number of rotatable bonds is 1. The fourth-order valence-electron chi connectivity index (χ4n) is 1.94. The largest absolute Gasteiger partial charge is 0.478 e. The molecule has 3 nitrogen and oxygen atoms in total. The molecule has 1 aliphatic heterocycles. The Bertz CT molecular complexity index is 333. The molecule has 0 spiro atoms. The lowest BCUT2D eigenvalue weighted by Gasteiger charge is -2.28. The van der Waals surface area contributed by atoms with Crippen molar-refractivity contribution in [2.24, 2.45) is 0 Å². The van der Waals surface area contributed by atoms with Gasteiger partial charge in [-0.1, -0.05) is 0 Å². The SMILES string of the molecule is O=C(O)C1=CC2=C(CCCC2)NC1S. The van der Waals surface area contributed by atoms with Crippen LogP contribution in [-0.4, -0.2) is 16.4 Å². The molecule has 4 heteroatoms. The van der Waals surface area contributed by atoms with Gasteiger partial charge in [-0.05, 0) is 37.3 Å². The first kappa shape index (κ1) is 9.65. The molecule has 2 N–H and O–H groups in total. The fourth-order valence-corrected chi connectivity index (χ4v) is 2.28. The van der Waals surface area contributed by atoms with Crippen LogP contribution in [0.15, 0.2) is 22.9 Å². The summed E-state index contributed by atoms with van der Waals surface area (Å²) in [5.74, 6) is -0.880. The molecule has 0 aromatic carbocycles. The highest BCUT2D eigenvalue weighted by Gasteiger charge is 2.25. The van der Waals surface area contributed by atoms with E-state index in [1.54, 1.807) is 6.08 Å². The van der Waals surface area contributed by atoms with Crippen LogP contribution in [0.2, 0.25) is 0 Å². The maximum atomic E-state index is 10.9. The van der Waals surface area contributed by atoms with Crippen molar-refractivity contribution in [1.82, 2.24) is 5.32 Å². The van der Waals surface area contributed by atoms with E-state index >= 15 is 0 Å². The molecule has 0 amide bonds. The molecule has 1 aliphatic carbocycles. The van der Waals surface area contributed by atoms with Gasteiger partial charge in [-0.15, -0.1) is 12.6 Å². The van der Waals surface area contributed by atoms with Crippen molar-refractivity contribution in [2.75, 3.05) is 0 Å². The quantitative estimate of drug-likeness (QED) is 0.578. The summed E-state index contributed by atoms with van der Waals surface area (Å²) in [5, 5.41) is 11.7. The van der Waals surface area contributed by atoms with Crippen LogP contribution in [0.5, 0.6) is 0 Å². The van der Waals surface area contributed by atoms with Gasteiger partial charge >= 0.3 is 5.97 Å². The Morgan fingerprint density at radius 3 is 2.93 bits per heavy atom. The van der Waals surface area contributed by atoms with Gasteiger partial charge in [0.15, 0.2) is 0 Å². The Hall–Kier alpha value is -0.900. The van der Waals surface area contributed by atoms with Gasteiger partial charge in [0.25, 0.3) is 0 Å². The lowest BCUT2D eigenvalue weighted by atomic mass is 9.92. The average Bonchev–Trinajstić information content (AvgIpc) is 2.16. The van der Waals surface area contributed by atoms with Crippen LogP contribution in [0.3, 0.4) is 0 Å². The number of nitrogens with one attached hydrogen (secondary N) is 1. The van der Waals surface area contributed by atoms with Gasteiger partial charge in [0, 0.05) is 5.70 Å². The number of hydrogen-bond acceptors (Lipinski definition) is 3. The number of aliphatic carboxylic acids is 1. The van der Waals surface area contributed by atoms with E-state index in [0.717, 1.165) is 24.8 Å². The van der Waals surface area contributed by atoms with Crippen LogP contribution in [0.4, 0.5) is 0 Å². The number of hydrogen-bond donors (Lipinski definition) is 3. The third-order valence-corrected chi connectivity index (χ3v) is 3.10. The van der Waals surface area contributed by atoms with E-state index in [2.05, 4.69) is 17.9 Å². The highest BCUT2D eigenvalue weighted by Crippen LogP contribution is 2.30. The Kier molecular flexibility index (Phi) is 2.54. The molecule has 0 saturated carbocycles. The summed E-state index contributed by atoms with van der Waals surface area (Å²) in [6.45, 7) is 0. The first-order valence-electron chi connectivity index (χ1n) is 4.80. The van der Waals surface area contributed by atoms with Gasteiger partial charge in [0.1, 0.15) is 5.37 Å². The van der Waals surface area contributed by atoms with Gasteiger partial charge < -0.3 is 10.4 Å². The van der Waals surface area contributed by atoms with Crippen molar-refractivity contribution < 1.29 is 9.90 Å². The molecule has 1 atom stereocenters. The Labute approximate surface area is 88.3 Å². The van der Waals surface area contributed by atoms with Gasteiger partial charge in [-0.2, -0.15) is 0 Å². The van der Waals surface area contributed by atoms with Crippen LogP contribution in [0.25, 0.3) is 0 Å². The Morgan fingerprint density at radius 2 is 2.21 bits per heavy atom. The number of dihydropyridines is 1. The molecule has 0 fully saturated rings. The van der Waals surface area contributed by atoms with E-state index in [1.165, 1.54) is 12.1 Å². The molecule has 0 saturated heterocycles. The van der Waals surface area contributed by atoms with Crippen molar-refractivity contribution >= 4 is 18.6 Å². The summed E-state index contributed by atoms with van der Waals surface area (Å²) in [6, 6.07) is 0. The molecule has 0 bridgehead atoms. The lowest BCUT2D eigenvalue weighted by molar-refractivity contribution is -0.132. The summed E-state index contributed by atoms with van der Waals surface area (Å²) in [4.78, 5) is 10.9. The predicted octanol–water partition coefficient (Wildman–Crippen LogP) is 1.68. The summed E-state index contributed by atoms with van der Waals surface area (Å²) < 4.78 is 0. The van der Waals surface area contributed by atoms with Crippen molar-refractivity contribution in [3.8, 4) is 0 Å². The highest BCUT2D eigenvalue weighted by molar-refractivity contribution is 7.81. The van der Waals surface area contributed by atoms with E-state index in [0.29, 0.717) is 5.57 Å². The van der Waals surface area contributed by atoms with Crippen molar-refractivity contribution in [3.63, 3.8) is 0 Å². The lowest BCUT2D eigenvalue weighted by Crippen LogP contribution is -2.33. The summed E-state index contributed by atoms with van der Waals surface area (Å²) in [6.07, 6.45) is 6.13. The van der Waals surface area contributed by atoms with E-state index < -0.39 is 5.97 Å². The standard InChI is InChI=1S/C10H13NO2S/c12-10(13)7-5-6-3-1-2-4-8(6)11-9(7)14/h5,9,11,14H,1-4H2,(H,12,13). The zero-order chi connectivity index (χ0) is 10.1. The van der Waals surface area contributed by atoms with Crippen LogP contribution >= 0.6 is 12.6 Å². The number of allylic oxidation sites excluding steroid dienone is 3. The molecule has 1 heterocycles. The van der Waals surface area contributed by atoms with E-state index in [9.17, 15) is 4.79 Å². The molecule has 0 aromatic heterocycles. The summed E-state index contributed by atoms with van der Waals surface area (Å²) in [5.41, 5.74) is 2.69.